The fourth-order valence-corrected chi connectivity index (χ4v) is 3.16. The first-order chi connectivity index (χ1) is 14.8. The number of rotatable bonds is 7. The van der Waals surface area contributed by atoms with E-state index >= 15 is 0 Å². The van der Waals surface area contributed by atoms with E-state index in [1.165, 1.54) is 42.6 Å². The number of benzene rings is 2. The molecule has 5 nitrogen and oxygen atoms in total. The Morgan fingerprint density at radius 1 is 1.13 bits per heavy atom. The highest BCUT2D eigenvalue weighted by molar-refractivity contribution is 5.94. The van der Waals surface area contributed by atoms with E-state index in [4.69, 9.17) is 4.74 Å². The summed E-state index contributed by atoms with van der Waals surface area (Å²) in [7, 11) is 0. The number of nitrogens with zero attached hydrogens (tertiary/aromatic N) is 2. The van der Waals surface area contributed by atoms with Gasteiger partial charge < -0.3 is 9.84 Å². The second kappa shape index (κ2) is 9.30. The fourth-order valence-electron chi connectivity index (χ4n) is 3.16. The van der Waals surface area contributed by atoms with Gasteiger partial charge in [-0.2, -0.15) is 18.4 Å². The van der Waals surface area contributed by atoms with Crippen LogP contribution in [0.1, 0.15) is 33.5 Å². The van der Waals surface area contributed by atoms with Gasteiger partial charge in [0, 0.05) is 11.8 Å². The number of hydrogen-bond donors (Lipinski definition) is 1. The van der Waals surface area contributed by atoms with E-state index in [0.717, 1.165) is 6.07 Å². The predicted molar refractivity (Wildman–Crippen MR) is 107 cm³/mol. The van der Waals surface area contributed by atoms with Gasteiger partial charge in [0.15, 0.2) is 0 Å². The van der Waals surface area contributed by atoms with Crippen molar-refractivity contribution in [2.24, 2.45) is 0 Å². The lowest BCUT2D eigenvalue weighted by molar-refractivity contribution is -0.138. The van der Waals surface area contributed by atoms with Gasteiger partial charge in [-0.1, -0.05) is 18.2 Å². The lowest BCUT2D eigenvalue weighted by atomic mass is 10.0. The largest absolute Gasteiger partial charge is 0.492 e. The molecule has 0 aliphatic rings. The molecule has 0 spiro atoms. The van der Waals surface area contributed by atoms with Crippen LogP contribution < -0.4 is 4.74 Å². The molecule has 8 heteroatoms. The third-order valence-electron chi connectivity index (χ3n) is 4.58. The van der Waals surface area contributed by atoms with Crippen molar-refractivity contribution in [3.05, 3.63) is 83.0 Å². The molecule has 0 aliphatic carbocycles. The number of pyridine rings is 1. The maximum absolute atomic E-state index is 13.1. The summed E-state index contributed by atoms with van der Waals surface area (Å²) in [5, 5.41) is 18.8. The molecule has 0 saturated heterocycles. The number of carbonyl (C=O) groups is 1. The summed E-state index contributed by atoms with van der Waals surface area (Å²) in [6.07, 6.45) is -2.47. The van der Waals surface area contributed by atoms with E-state index in [0.29, 0.717) is 12.0 Å². The van der Waals surface area contributed by atoms with Gasteiger partial charge in [-0.05, 0) is 54.8 Å². The van der Waals surface area contributed by atoms with E-state index in [9.17, 15) is 28.3 Å². The zero-order valence-electron chi connectivity index (χ0n) is 16.2. The van der Waals surface area contributed by atoms with Crippen molar-refractivity contribution in [3.63, 3.8) is 0 Å². The van der Waals surface area contributed by atoms with Gasteiger partial charge in [0.2, 0.25) is 0 Å². The van der Waals surface area contributed by atoms with Crippen molar-refractivity contribution in [1.29, 1.82) is 5.26 Å². The molecular formula is C23H17F3N2O3. The molecule has 158 valence electrons. The van der Waals surface area contributed by atoms with Crippen LogP contribution in [0.4, 0.5) is 13.2 Å². The Morgan fingerprint density at radius 3 is 2.61 bits per heavy atom. The molecule has 3 aromatic rings. The number of nitriles is 1. The van der Waals surface area contributed by atoms with Crippen molar-refractivity contribution in [1.82, 2.24) is 4.98 Å². The van der Waals surface area contributed by atoms with Gasteiger partial charge in [0.25, 0.3) is 0 Å². The molecule has 0 amide bonds. The van der Waals surface area contributed by atoms with Crippen molar-refractivity contribution >= 4 is 5.97 Å². The predicted octanol–water partition coefficient (Wildman–Crippen LogP) is 5.35. The van der Waals surface area contributed by atoms with E-state index in [1.807, 2.05) is 6.07 Å². The summed E-state index contributed by atoms with van der Waals surface area (Å²) < 4.78 is 44.8. The number of alkyl halides is 3. The van der Waals surface area contributed by atoms with Crippen LogP contribution in [0.3, 0.4) is 0 Å². The third kappa shape index (κ3) is 5.20. The smallest absolute Gasteiger partial charge is 0.416 e. The lowest BCUT2D eigenvalue weighted by Gasteiger charge is -2.13. The number of aromatic nitrogens is 1. The molecule has 1 N–H and O–H groups in total. The molecule has 0 aliphatic heterocycles. The van der Waals surface area contributed by atoms with Gasteiger partial charge in [-0.15, -0.1) is 0 Å². The summed E-state index contributed by atoms with van der Waals surface area (Å²) in [4.78, 5) is 15.5. The maximum Gasteiger partial charge on any atom is 0.416 e. The van der Waals surface area contributed by atoms with Crippen LogP contribution in [0.2, 0.25) is 0 Å². The van der Waals surface area contributed by atoms with Crippen molar-refractivity contribution < 1.29 is 27.8 Å². The van der Waals surface area contributed by atoms with Crippen LogP contribution in [-0.2, 0) is 12.6 Å². The maximum atomic E-state index is 13.1. The van der Waals surface area contributed by atoms with Crippen LogP contribution in [0, 0.1) is 11.3 Å². The second-order valence-corrected chi connectivity index (χ2v) is 6.63. The Bertz CT molecular complexity index is 1140. The molecule has 0 bridgehead atoms. The lowest BCUT2D eigenvalue weighted by Crippen LogP contribution is -2.10. The van der Waals surface area contributed by atoms with Gasteiger partial charge >= 0.3 is 12.1 Å². The highest BCUT2D eigenvalue weighted by Gasteiger charge is 2.32. The first-order valence-electron chi connectivity index (χ1n) is 9.32. The van der Waals surface area contributed by atoms with E-state index in [-0.39, 0.29) is 41.2 Å². The number of hydrogen-bond acceptors (Lipinski definition) is 4. The molecule has 2 aromatic carbocycles. The molecule has 0 unspecified atom stereocenters. The highest BCUT2D eigenvalue weighted by Crippen LogP contribution is 2.32. The SMILES string of the molecule is N#Cc1cc(-c2ncccc2C(=O)O)ccc1OCCCc1ccccc1C(F)(F)F. The van der Waals surface area contributed by atoms with Gasteiger partial charge in [0.1, 0.15) is 11.8 Å². The average Bonchev–Trinajstić information content (AvgIpc) is 2.76. The number of halogens is 3. The van der Waals surface area contributed by atoms with Crippen LogP contribution >= 0.6 is 0 Å². The zero-order valence-corrected chi connectivity index (χ0v) is 16.2. The summed E-state index contributed by atoms with van der Waals surface area (Å²) in [6, 6.07) is 14.9. The number of aromatic carboxylic acids is 1. The third-order valence-corrected chi connectivity index (χ3v) is 4.58. The highest BCUT2D eigenvalue weighted by atomic mass is 19.4. The molecule has 0 saturated carbocycles. The van der Waals surface area contributed by atoms with Crippen molar-refractivity contribution in [3.8, 4) is 23.1 Å². The van der Waals surface area contributed by atoms with Crippen molar-refractivity contribution in [2.75, 3.05) is 6.61 Å². The van der Waals surface area contributed by atoms with Crippen LogP contribution in [0.15, 0.2) is 60.8 Å². The topological polar surface area (TPSA) is 83.2 Å². The van der Waals surface area contributed by atoms with Crippen LogP contribution in [0.5, 0.6) is 5.75 Å². The minimum absolute atomic E-state index is 0.00314. The van der Waals surface area contributed by atoms with Crippen LogP contribution in [0.25, 0.3) is 11.3 Å². The normalized spacial score (nSPS) is 11.0. The summed E-state index contributed by atoms with van der Waals surface area (Å²) in [6.45, 7) is 0.115. The molecule has 1 aromatic heterocycles. The van der Waals surface area contributed by atoms with E-state index in [2.05, 4.69) is 4.98 Å². The van der Waals surface area contributed by atoms with Gasteiger partial charge in [0.05, 0.1) is 29.0 Å². The van der Waals surface area contributed by atoms with Crippen LogP contribution in [-0.4, -0.2) is 22.7 Å². The number of ether oxygens (including phenoxy) is 1. The van der Waals surface area contributed by atoms with E-state index < -0.39 is 17.7 Å². The molecule has 0 fully saturated rings. The summed E-state index contributed by atoms with van der Waals surface area (Å²) in [5.74, 6) is -0.871. The standard InChI is InChI=1S/C23H17F3N2O3/c24-23(25,26)19-8-2-1-5-15(19)6-4-12-31-20-10-9-16(13-17(20)14-27)21-18(22(29)30)7-3-11-28-21/h1-3,5,7-11,13H,4,6,12H2,(H,29,30). The average molecular weight is 426 g/mol. The molecule has 1 heterocycles. The minimum Gasteiger partial charge on any atom is -0.492 e. The molecule has 0 atom stereocenters. The van der Waals surface area contributed by atoms with E-state index in [1.54, 1.807) is 12.1 Å². The summed E-state index contributed by atoms with van der Waals surface area (Å²) >= 11 is 0. The Kier molecular flexibility index (Phi) is 6.55. The van der Waals surface area contributed by atoms with Crippen molar-refractivity contribution in [2.45, 2.75) is 19.0 Å². The van der Waals surface area contributed by atoms with Gasteiger partial charge in [-0.3, -0.25) is 4.98 Å². The Labute approximate surface area is 176 Å². The molecular weight excluding hydrogens is 409 g/mol. The zero-order chi connectivity index (χ0) is 22.4. The molecule has 0 radical (unpaired) electrons. The first-order valence-corrected chi connectivity index (χ1v) is 9.32. The Balaban J connectivity index is 1.71. The second-order valence-electron chi connectivity index (χ2n) is 6.63. The monoisotopic (exact) mass is 426 g/mol. The van der Waals surface area contributed by atoms with Gasteiger partial charge in [-0.25, -0.2) is 4.79 Å². The number of carboxylic acid groups (broad SMARTS) is 1. The Hall–Kier alpha value is -3.86. The fraction of sp³-hybridized carbons (Fsp3) is 0.174. The first kappa shape index (κ1) is 21.8. The quantitative estimate of drug-likeness (QED) is 0.515. The Morgan fingerprint density at radius 2 is 1.90 bits per heavy atom. The molecule has 3 rings (SSSR count). The minimum atomic E-state index is -4.42. The summed E-state index contributed by atoms with van der Waals surface area (Å²) in [5.41, 5.74) is 0.369. The number of carboxylic acids is 1. The number of aryl methyl sites for hydroxylation is 1. The molecule has 31 heavy (non-hydrogen) atoms.